The average Bonchev–Trinajstić information content (AvgIpc) is 3.14. The molecule has 0 atom stereocenters. The SMILES string of the molecule is COCc1cc(Nc2nc(-c3ccccc3C(F)(F)F)nc3ccccc23)n[nH]1. The molecule has 0 spiro atoms. The highest BCUT2D eigenvalue weighted by Gasteiger charge is 2.34. The highest BCUT2D eigenvalue weighted by Crippen LogP contribution is 2.37. The van der Waals surface area contributed by atoms with Crippen molar-refractivity contribution in [2.75, 3.05) is 12.4 Å². The molecule has 0 unspecified atom stereocenters. The smallest absolute Gasteiger partial charge is 0.378 e. The number of alkyl halides is 3. The Balaban J connectivity index is 1.83. The van der Waals surface area contributed by atoms with Gasteiger partial charge in [0.25, 0.3) is 0 Å². The molecule has 9 heteroatoms. The summed E-state index contributed by atoms with van der Waals surface area (Å²) in [5, 5.41) is 10.7. The first-order chi connectivity index (χ1) is 14.0. The Morgan fingerprint density at radius 2 is 1.79 bits per heavy atom. The second kappa shape index (κ2) is 7.51. The summed E-state index contributed by atoms with van der Waals surface area (Å²) in [6, 6.07) is 14.1. The van der Waals surface area contributed by atoms with E-state index in [1.807, 2.05) is 0 Å². The van der Waals surface area contributed by atoms with Crippen molar-refractivity contribution in [2.24, 2.45) is 0 Å². The van der Waals surface area contributed by atoms with E-state index in [1.54, 1.807) is 37.4 Å². The van der Waals surface area contributed by atoms with Crippen molar-refractivity contribution in [3.8, 4) is 11.4 Å². The quantitative estimate of drug-likeness (QED) is 0.498. The molecule has 2 heterocycles. The van der Waals surface area contributed by atoms with Crippen LogP contribution in [0.3, 0.4) is 0 Å². The summed E-state index contributed by atoms with van der Waals surface area (Å²) in [5.74, 6) is 0.806. The lowest BCUT2D eigenvalue weighted by molar-refractivity contribution is -0.137. The highest BCUT2D eigenvalue weighted by molar-refractivity contribution is 5.92. The van der Waals surface area contributed by atoms with Crippen LogP contribution in [0.2, 0.25) is 0 Å². The largest absolute Gasteiger partial charge is 0.417 e. The topological polar surface area (TPSA) is 75.7 Å². The number of benzene rings is 2. The summed E-state index contributed by atoms with van der Waals surface area (Å²) in [6.07, 6.45) is -4.52. The zero-order valence-electron chi connectivity index (χ0n) is 15.3. The zero-order valence-corrected chi connectivity index (χ0v) is 15.3. The summed E-state index contributed by atoms with van der Waals surface area (Å²) < 4.78 is 45.5. The minimum atomic E-state index is -4.52. The van der Waals surface area contributed by atoms with Crippen LogP contribution in [0.5, 0.6) is 0 Å². The van der Waals surface area contributed by atoms with Gasteiger partial charge in [0.2, 0.25) is 0 Å². The Morgan fingerprint density at radius 3 is 2.59 bits per heavy atom. The molecule has 0 amide bonds. The molecule has 29 heavy (non-hydrogen) atoms. The standard InChI is InChI=1S/C20H16F3N5O/c1-29-11-12-10-17(28-27-12)25-19-14-7-3-5-9-16(14)24-18(26-19)13-6-2-4-8-15(13)20(21,22)23/h2-10H,11H2,1H3,(H2,24,25,26,27,28). The third-order valence-corrected chi connectivity index (χ3v) is 4.25. The first-order valence-corrected chi connectivity index (χ1v) is 8.69. The second-order valence-corrected chi connectivity index (χ2v) is 6.29. The molecule has 2 aromatic carbocycles. The number of methoxy groups -OCH3 is 1. The fourth-order valence-corrected chi connectivity index (χ4v) is 2.99. The molecule has 0 fully saturated rings. The van der Waals surface area contributed by atoms with E-state index in [0.29, 0.717) is 29.1 Å². The van der Waals surface area contributed by atoms with Crippen molar-refractivity contribution < 1.29 is 17.9 Å². The van der Waals surface area contributed by atoms with Gasteiger partial charge in [0.1, 0.15) is 5.82 Å². The molecular weight excluding hydrogens is 383 g/mol. The number of aromatic amines is 1. The molecule has 0 aliphatic rings. The lowest BCUT2D eigenvalue weighted by atomic mass is 10.1. The molecule has 148 valence electrons. The summed E-state index contributed by atoms with van der Waals surface area (Å²) >= 11 is 0. The Morgan fingerprint density at radius 1 is 1.03 bits per heavy atom. The monoisotopic (exact) mass is 399 g/mol. The molecule has 0 aliphatic heterocycles. The van der Waals surface area contributed by atoms with Crippen LogP contribution < -0.4 is 5.32 Å². The minimum Gasteiger partial charge on any atom is -0.378 e. The predicted molar refractivity (Wildman–Crippen MR) is 103 cm³/mol. The van der Waals surface area contributed by atoms with E-state index in [4.69, 9.17) is 4.74 Å². The number of H-pyrrole nitrogens is 1. The zero-order chi connectivity index (χ0) is 20.4. The molecule has 2 aromatic heterocycles. The first-order valence-electron chi connectivity index (χ1n) is 8.69. The van der Waals surface area contributed by atoms with Crippen molar-refractivity contribution in [3.63, 3.8) is 0 Å². The van der Waals surface area contributed by atoms with Crippen molar-refractivity contribution in [1.82, 2.24) is 20.2 Å². The molecule has 0 aliphatic carbocycles. The van der Waals surface area contributed by atoms with Gasteiger partial charge < -0.3 is 10.1 Å². The van der Waals surface area contributed by atoms with Crippen molar-refractivity contribution in [3.05, 3.63) is 65.9 Å². The summed E-state index contributed by atoms with van der Waals surface area (Å²) in [4.78, 5) is 8.75. The lowest BCUT2D eigenvalue weighted by Crippen LogP contribution is -2.08. The number of hydrogen-bond acceptors (Lipinski definition) is 5. The van der Waals surface area contributed by atoms with Gasteiger partial charge in [0, 0.05) is 24.1 Å². The van der Waals surface area contributed by atoms with Crippen LogP contribution in [0.4, 0.5) is 24.8 Å². The molecule has 0 bridgehead atoms. The van der Waals surface area contributed by atoms with Crippen LogP contribution in [-0.2, 0) is 17.5 Å². The van der Waals surface area contributed by atoms with Gasteiger partial charge in [-0.1, -0.05) is 30.3 Å². The van der Waals surface area contributed by atoms with Crippen LogP contribution >= 0.6 is 0 Å². The van der Waals surface area contributed by atoms with Crippen LogP contribution in [0.15, 0.2) is 54.6 Å². The third kappa shape index (κ3) is 3.90. The van der Waals surface area contributed by atoms with Gasteiger partial charge >= 0.3 is 6.18 Å². The van der Waals surface area contributed by atoms with E-state index < -0.39 is 11.7 Å². The molecule has 2 N–H and O–H groups in total. The summed E-state index contributed by atoms with van der Waals surface area (Å²) in [6.45, 7) is 0.351. The number of ether oxygens (including phenoxy) is 1. The molecular formula is C20H16F3N5O. The van der Waals surface area contributed by atoms with Gasteiger partial charge in [-0.3, -0.25) is 5.10 Å². The van der Waals surface area contributed by atoms with E-state index in [1.165, 1.54) is 18.2 Å². The number of rotatable bonds is 5. The van der Waals surface area contributed by atoms with Gasteiger partial charge in [0.15, 0.2) is 11.6 Å². The third-order valence-electron chi connectivity index (χ3n) is 4.25. The van der Waals surface area contributed by atoms with Crippen molar-refractivity contribution in [2.45, 2.75) is 12.8 Å². The fourth-order valence-electron chi connectivity index (χ4n) is 2.99. The molecule has 4 aromatic rings. The number of para-hydroxylation sites is 1. The number of aromatic nitrogens is 4. The maximum atomic E-state index is 13.5. The van der Waals surface area contributed by atoms with E-state index in [2.05, 4.69) is 25.5 Å². The normalized spacial score (nSPS) is 11.7. The van der Waals surface area contributed by atoms with Crippen molar-refractivity contribution >= 4 is 22.5 Å². The summed E-state index contributed by atoms with van der Waals surface area (Å²) in [7, 11) is 1.57. The molecule has 0 saturated carbocycles. The van der Waals surface area contributed by atoms with E-state index >= 15 is 0 Å². The number of halogens is 3. The van der Waals surface area contributed by atoms with E-state index in [-0.39, 0.29) is 11.4 Å². The first kappa shape index (κ1) is 18.9. The minimum absolute atomic E-state index is 0.0215. The Labute approximate surface area is 163 Å². The van der Waals surface area contributed by atoms with Gasteiger partial charge in [-0.2, -0.15) is 18.3 Å². The van der Waals surface area contributed by atoms with Crippen LogP contribution in [0.1, 0.15) is 11.3 Å². The van der Waals surface area contributed by atoms with Crippen LogP contribution in [-0.4, -0.2) is 27.3 Å². The fraction of sp³-hybridized carbons (Fsp3) is 0.150. The van der Waals surface area contributed by atoms with E-state index in [0.717, 1.165) is 11.8 Å². The van der Waals surface area contributed by atoms with Gasteiger partial charge in [-0.25, -0.2) is 9.97 Å². The Bertz CT molecular complexity index is 1160. The van der Waals surface area contributed by atoms with Crippen LogP contribution in [0.25, 0.3) is 22.3 Å². The number of nitrogens with zero attached hydrogens (tertiary/aromatic N) is 3. The van der Waals surface area contributed by atoms with Crippen molar-refractivity contribution in [1.29, 1.82) is 0 Å². The van der Waals surface area contributed by atoms with E-state index in [9.17, 15) is 13.2 Å². The lowest BCUT2D eigenvalue weighted by Gasteiger charge is -2.14. The predicted octanol–water partition coefficient (Wildman–Crippen LogP) is 4.93. The Hall–Kier alpha value is -3.46. The van der Waals surface area contributed by atoms with Gasteiger partial charge in [-0.15, -0.1) is 0 Å². The molecule has 4 rings (SSSR count). The highest BCUT2D eigenvalue weighted by atomic mass is 19.4. The average molecular weight is 399 g/mol. The number of nitrogens with one attached hydrogen (secondary N) is 2. The summed E-state index contributed by atoms with van der Waals surface area (Å²) in [5.41, 5.74) is 0.389. The van der Waals surface area contributed by atoms with Gasteiger partial charge in [-0.05, 0) is 18.2 Å². The maximum Gasteiger partial charge on any atom is 0.417 e. The Kier molecular flexibility index (Phi) is 4.89. The molecule has 0 radical (unpaired) electrons. The second-order valence-electron chi connectivity index (χ2n) is 6.29. The number of anilines is 2. The molecule has 0 saturated heterocycles. The number of hydrogen-bond donors (Lipinski definition) is 2. The maximum absolute atomic E-state index is 13.5. The molecule has 6 nitrogen and oxygen atoms in total. The van der Waals surface area contributed by atoms with Crippen LogP contribution in [0, 0.1) is 0 Å². The number of fused-ring (bicyclic) bond motifs is 1. The van der Waals surface area contributed by atoms with Gasteiger partial charge in [0.05, 0.1) is 23.4 Å².